The highest BCUT2D eigenvalue weighted by Gasteiger charge is 2.34. The van der Waals surface area contributed by atoms with Crippen LogP contribution in [0.3, 0.4) is 0 Å². The number of halogens is 3. The fourth-order valence-corrected chi connectivity index (χ4v) is 4.02. The van der Waals surface area contributed by atoms with E-state index in [1.165, 1.54) is 16.9 Å². The summed E-state index contributed by atoms with van der Waals surface area (Å²) in [5.41, 5.74) is -1.03. The van der Waals surface area contributed by atoms with E-state index < -0.39 is 27.8 Å². The second-order valence-electron chi connectivity index (χ2n) is 8.30. The predicted octanol–water partition coefficient (Wildman–Crippen LogP) is 3.77. The number of anilines is 1. The van der Waals surface area contributed by atoms with Crippen molar-refractivity contribution in [3.05, 3.63) is 29.6 Å². The van der Waals surface area contributed by atoms with Gasteiger partial charge in [-0.15, -0.1) is 4.36 Å². The molecule has 3 rings (SSSR count). The molecular weight excluding hydrogens is 437 g/mol. The number of aromatic nitrogens is 3. The number of carbonyl (C=O) groups excluding carboxylic acids is 1. The van der Waals surface area contributed by atoms with Crippen LogP contribution in [0.15, 0.2) is 27.6 Å². The zero-order chi connectivity index (χ0) is 23.2. The summed E-state index contributed by atoms with van der Waals surface area (Å²) < 4.78 is 62.6. The first-order valence-electron chi connectivity index (χ1n) is 9.32. The Balaban J connectivity index is 1.93. The van der Waals surface area contributed by atoms with E-state index >= 15 is 0 Å². The topological polar surface area (TPSA) is 124 Å². The molecule has 0 aromatic carbocycles. The number of nitrogens with one attached hydrogen (secondary N) is 1. The Labute approximate surface area is 177 Å². The van der Waals surface area contributed by atoms with Gasteiger partial charge in [0.2, 0.25) is 5.88 Å². The number of alkyl halides is 3. The summed E-state index contributed by atoms with van der Waals surface area (Å²) in [4.78, 5) is 15.8. The van der Waals surface area contributed by atoms with Crippen LogP contribution in [0.2, 0.25) is 0 Å². The Kier molecular flexibility index (Phi) is 5.78. The summed E-state index contributed by atoms with van der Waals surface area (Å²) in [7, 11) is -3.78. The van der Waals surface area contributed by atoms with Crippen LogP contribution in [0.1, 0.15) is 44.9 Å². The van der Waals surface area contributed by atoms with Gasteiger partial charge < -0.3 is 4.74 Å². The number of amides is 2. The van der Waals surface area contributed by atoms with Gasteiger partial charge >= 0.3 is 12.2 Å². The number of pyridine rings is 1. The van der Waals surface area contributed by atoms with Crippen LogP contribution in [0.5, 0.6) is 5.88 Å². The molecule has 0 bridgehead atoms. The number of urea groups is 1. The third-order valence-corrected chi connectivity index (χ3v) is 5.88. The first-order valence-corrected chi connectivity index (χ1v) is 10.9. The first-order chi connectivity index (χ1) is 14.2. The van der Waals surface area contributed by atoms with Gasteiger partial charge in [-0.25, -0.2) is 23.8 Å². The van der Waals surface area contributed by atoms with Gasteiger partial charge in [0.05, 0.1) is 19.3 Å². The average Bonchev–Trinajstić information content (AvgIpc) is 3.02. The van der Waals surface area contributed by atoms with Gasteiger partial charge in [-0.3, -0.25) is 5.32 Å². The summed E-state index contributed by atoms with van der Waals surface area (Å²) in [5.74, 6) is -0.431. The van der Waals surface area contributed by atoms with E-state index in [1.54, 1.807) is 13.8 Å². The third-order valence-electron chi connectivity index (χ3n) is 4.53. The Morgan fingerprint density at radius 2 is 2.06 bits per heavy atom. The van der Waals surface area contributed by atoms with Crippen LogP contribution in [0.25, 0.3) is 0 Å². The molecule has 2 amide bonds. The van der Waals surface area contributed by atoms with Crippen LogP contribution in [-0.2, 0) is 22.6 Å². The highest BCUT2D eigenvalue weighted by molar-refractivity contribution is 7.91. The minimum absolute atomic E-state index is 0.0702. The maximum absolute atomic E-state index is 13.0. The Morgan fingerprint density at radius 1 is 1.39 bits per heavy atom. The molecule has 1 aliphatic heterocycles. The van der Waals surface area contributed by atoms with E-state index in [4.69, 9.17) is 9.88 Å². The molecule has 3 heterocycles. The molecule has 0 fully saturated rings. The lowest BCUT2D eigenvalue weighted by Crippen LogP contribution is -2.33. The normalized spacial score (nSPS) is 17.5. The summed E-state index contributed by atoms with van der Waals surface area (Å²) >= 11 is 0. The highest BCUT2D eigenvalue weighted by Crippen LogP contribution is 2.34. The lowest BCUT2D eigenvalue weighted by Gasteiger charge is -2.30. The smallest absolute Gasteiger partial charge is 0.433 e. The van der Waals surface area contributed by atoms with E-state index in [1.807, 2.05) is 13.8 Å². The quantitative estimate of drug-likeness (QED) is 0.721. The van der Waals surface area contributed by atoms with Crippen molar-refractivity contribution in [2.75, 3.05) is 11.9 Å². The molecule has 2 aromatic rings. The van der Waals surface area contributed by atoms with Crippen LogP contribution in [0.4, 0.5) is 23.8 Å². The van der Waals surface area contributed by atoms with Crippen molar-refractivity contribution in [2.24, 2.45) is 14.9 Å². The van der Waals surface area contributed by atoms with Crippen molar-refractivity contribution in [1.82, 2.24) is 14.8 Å². The monoisotopic (exact) mass is 460 g/mol. The fourth-order valence-electron chi connectivity index (χ4n) is 3.02. The van der Waals surface area contributed by atoms with Gasteiger partial charge in [-0.2, -0.15) is 18.3 Å². The Bertz CT molecular complexity index is 1130. The third kappa shape index (κ3) is 4.98. The molecule has 3 N–H and O–H groups in total. The minimum Gasteiger partial charge on any atom is -0.476 e. The number of fused-ring (bicyclic) bond motifs is 1. The molecule has 1 unspecified atom stereocenters. The summed E-state index contributed by atoms with van der Waals surface area (Å²) in [6.07, 6.45) is -3.49. The zero-order valence-electron chi connectivity index (χ0n) is 17.4. The number of nitrogens with two attached hydrogens (primary N) is 1. The highest BCUT2D eigenvalue weighted by atomic mass is 32.2. The zero-order valence-corrected chi connectivity index (χ0v) is 18.2. The molecule has 9 nitrogen and oxygen atoms in total. The molecule has 0 saturated heterocycles. The van der Waals surface area contributed by atoms with E-state index in [0.717, 1.165) is 6.07 Å². The summed E-state index contributed by atoms with van der Waals surface area (Å²) in [6, 6.07) is 0.850. The SMILES string of the molecule is CC(C)c1ccc(C(F)(F)F)nc1NC(=O)N=S(N)(=O)c1cnn2c1OCC(C)(C)C2. The van der Waals surface area contributed by atoms with Gasteiger partial charge in [0.15, 0.2) is 9.92 Å². The molecule has 0 aliphatic carbocycles. The van der Waals surface area contributed by atoms with Crippen molar-refractivity contribution in [1.29, 1.82) is 0 Å². The van der Waals surface area contributed by atoms with Gasteiger partial charge in [-0.05, 0) is 17.5 Å². The molecule has 1 atom stereocenters. The van der Waals surface area contributed by atoms with Crippen LogP contribution >= 0.6 is 0 Å². The predicted molar refractivity (Wildman–Crippen MR) is 107 cm³/mol. The van der Waals surface area contributed by atoms with Crippen molar-refractivity contribution in [3.63, 3.8) is 0 Å². The molecule has 13 heteroatoms. The van der Waals surface area contributed by atoms with Crippen molar-refractivity contribution >= 4 is 21.8 Å². The Morgan fingerprint density at radius 3 is 2.68 bits per heavy atom. The fraction of sp³-hybridized carbons (Fsp3) is 0.500. The van der Waals surface area contributed by atoms with E-state index in [9.17, 15) is 22.2 Å². The van der Waals surface area contributed by atoms with Crippen LogP contribution < -0.4 is 15.2 Å². The Hall–Kier alpha value is -2.67. The maximum Gasteiger partial charge on any atom is 0.433 e. The van der Waals surface area contributed by atoms with E-state index in [0.29, 0.717) is 18.7 Å². The van der Waals surface area contributed by atoms with E-state index in [-0.39, 0.29) is 27.9 Å². The minimum atomic E-state index is -4.70. The molecule has 0 spiro atoms. The van der Waals surface area contributed by atoms with Crippen molar-refractivity contribution < 1.29 is 26.9 Å². The molecular formula is C18H23F3N6O3S. The van der Waals surface area contributed by atoms with Gasteiger partial charge in [0.25, 0.3) is 0 Å². The molecule has 170 valence electrons. The average molecular weight is 460 g/mol. The molecule has 31 heavy (non-hydrogen) atoms. The largest absolute Gasteiger partial charge is 0.476 e. The van der Waals surface area contributed by atoms with Crippen LogP contribution in [-0.4, -0.2) is 31.6 Å². The number of ether oxygens (including phenoxy) is 1. The summed E-state index contributed by atoms with van der Waals surface area (Å²) in [5, 5.41) is 12.1. The van der Waals surface area contributed by atoms with Gasteiger partial charge in [-0.1, -0.05) is 33.8 Å². The number of hydrogen-bond acceptors (Lipinski definition) is 5. The lowest BCUT2D eigenvalue weighted by molar-refractivity contribution is -0.141. The maximum atomic E-state index is 13.0. The molecule has 0 radical (unpaired) electrons. The number of carbonyl (C=O) groups is 1. The van der Waals surface area contributed by atoms with Crippen molar-refractivity contribution in [2.45, 2.75) is 51.2 Å². The second-order valence-corrected chi connectivity index (χ2v) is 10.1. The van der Waals surface area contributed by atoms with Gasteiger partial charge in [0, 0.05) is 5.41 Å². The summed E-state index contributed by atoms with van der Waals surface area (Å²) in [6.45, 7) is 8.17. The lowest BCUT2D eigenvalue weighted by atomic mass is 9.94. The molecule has 0 saturated carbocycles. The number of rotatable bonds is 3. The van der Waals surface area contributed by atoms with Crippen molar-refractivity contribution in [3.8, 4) is 5.88 Å². The first kappa shape index (κ1) is 23.0. The second kappa shape index (κ2) is 7.79. The van der Waals surface area contributed by atoms with Gasteiger partial charge in [0.1, 0.15) is 16.4 Å². The molecule has 2 aromatic heterocycles. The molecule has 1 aliphatic rings. The van der Waals surface area contributed by atoms with Crippen LogP contribution in [0, 0.1) is 5.41 Å². The van der Waals surface area contributed by atoms with E-state index in [2.05, 4.69) is 19.8 Å². The number of nitrogens with zero attached hydrogens (tertiary/aromatic N) is 4. The standard InChI is InChI=1S/C18H23F3N6O3S/c1-10(2)11-5-6-13(18(19,20)21)24-14(11)25-16(28)26-31(22,29)12-7-23-27-8-17(3,4)9-30-15(12)27/h5-7,10H,8-9H2,1-4H3,(H3,22,24,25,26,28,29). The number of hydrogen-bond donors (Lipinski definition) is 2.